The van der Waals surface area contributed by atoms with Crippen LogP contribution in [-0.4, -0.2) is 142 Å². The number of carboxylic acids is 1. The second kappa shape index (κ2) is 36.8. The number of esters is 1. The lowest BCUT2D eigenvalue weighted by molar-refractivity contribution is -0.144. The number of aliphatic carboxylic acids is 1. The highest BCUT2D eigenvalue weighted by molar-refractivity contribution is 6.17. The monoisotopic (exact) mass is 702 g/mol. The summed E-state index contributed by atoms with van der Waals surface area (Å²) in [5.41, 5.74) is -0.783. The molecule has 0 fully saturated rings. The molecule has 0 aromatic heterocycles. The number of alkyl halides is 1. The molecular formula is C33H72ClN5O8. The molecule has 2 amide bonds. The molecule has 0 saturated carbocycles. The molecule has 0 unspecified atom stereocenters. The maximum Gasteiger partial charge on any atom is 0.305 e. The van der Waals surface area contributed by atoms with Crippen molar-refractivity contribution in [2.24, 2.45) is 10.8 Å². The molecular weight excluding hydrogens is 630 g/mol. The second-order valence-electron chi connectivity index (χ2n) is 12.5. The van der Waals surface area contributed by atoms with E-state index in [0.717, 1.165) is 32.7 Å². The molecule has 14 heteroatoms. The number of carboxylic acid groups (broad SMARTS) is 1. The van der Waals surface area contributed by atoms with E-state index < -0.39 is 11.4 Å². The Hall–Kier alpha value is -2.03. The summed E-state index contributed by atoms with van der Waals surface area (Å²) >= 11 is 4.94. The van der Waals surface area contributed by atoms with Gasteiger partial charge < -0.3 is 45.8 Å². The lowest BCUT2D eigenvalue weighted by Gasteiger charge is -2.17. The van der Waals surface area contributed by atoms with E-state index in [1.54, 1.807) is 0 Å². The number of rotatable bonds is 17. The molecule has 0 heterocycles. The van der Waals surface area contributed by atoms with Gasteiger partial charge in [-0.1, -0.05) is 62.3 Å². The van der Waals surface area contributed by atoms with Gasteiger partial charge >= 0.3 is 11.9 Å². The van der Waals surface area contributed by atoms with Gasteiger partial charge in [-0.15, -0.1) is 11.6 Å². The zero-order chi connectivity index (χ0) is 37.9. The normalized spacial score (nSPS) is 10.5. The van der Waals surface area contributed by atoms with Crippen LogP contribution in [0.4, 0.5) is 0 Å². The predicted molar refractivity (Wildman–Crippen MR) is 193 cm³/mol. The van der Waals surface area contributed by atoms with Crippen LogP contribution >= 0.6 is 11.6 Å². The zero-order valence-electron chi connectivity index (χ0n) is 31.8. The fraction of sp³-hybridized carbons (Fsp3) is 0.879. The Morgan fingerprint density at radius 1 is 0.745 bits per heavy atom. The quantitative estimate of drug-likeness (QED) is 0.0746. The number of likely N-dealkylation sites (N-methyl/N-ethyl adjacent to an activating group) is 2. The number of carbonyl (C=O) groups is 4. The summed E-state index contributed by atoms with van der Waals surface area (Å²) in [7, 11) is 5.89. The Kier molecular flexibility index (Phi) is 42.6. The second-order valence-corrected chi connectivity index (χ2v) is 12.8. The summed E-state index contributed by atoms with van der Waals surface area (Å²) in [4.78, 5) is 48.5. The Labute approximate surface area is 291 Å². The minimum absolute atomic E-state index is 0.00504. The summed E-state index contributed by atoms with van der Waals surface area (Å²) in [6, 6.07) is 0. The summed E-state index contributed by atoms with van der Waals surface area (Å²) in [6.45, 7) is 23.5. The highest BCUT2D eigenvalue weighted by atomic mass is 35.5. The first-order chi connectivity index (χ1) is 21.7. The molecule has 0 aliphatic rings. The van der Waals surface area contributed by atoms with E-state index in [4.69, 9.17) is 31.7 Å². The zero-order valence-corrected chi connectivity index (χ0v) is 32.5. The molecule has 284 valence electrons. The van der Waals surface area contributed by atoms with Crippen molar-refractivity contribution >= 4 is 35.4 Å². The van der Waals surface area contributed by atoms with Crippen LogP contribution in [0.3, 0.4) is 0 Å². The van der Waals surface area contributed by atoms with Gasteiger partial charge in [0.2, 0.25) is 11.8 Å². The van der Waals surface area contributed by atoms with Crippen molar-refractivity contribution in [2.45, 2.75) is 88.0 Å². The van der Waals surface area contributed by atoms with Crippen LogP contribution in [0.25, 0.3) is 0 Å². The fourth-order valence-corrected chi connectivity index (χ4v) is 2.28. The molecule has 0 aromatic carbocycles. The van der Waals surface area contributed by atoms with E-state index in [-0.39, 0.29) is 42.8 Å². The van der Waals surface area contributed by atoms with Gasteiger partial charge in [0.15, 0.2) is 0 Å². The van der Waals surface area contributed by atoms with Crippen molar-refractivity contribution in [1.82, 2.24) is 25.8 Å². The molecule has 47 heavy (non-hydrogen) atoms. The van der Waals surface area contributed by atoms with Crippen molar-refractivity contribution in [3.8, 4) is 0 Å². The Balaban J connectivity index is -0.000000180. The highest BCUT2D eigenvalue weighted by Crippen LogP contribution is 2.12. The van der Waals surface area contributed by atoms with Gasteiger partial charge in [-0.25, -0.2) is 0 Å². The topological polar surface area (TPSA) is 181 Å². The Morgan fingerprint density at radius 2 is 1.13 bits per heavy atom. The summed E-state index contributed by atoms with van der Waals surface area (Å²) < 4.78 is 5.10. The SMILES string of the molecule is CC(C)(C)C(=O)NCCCC(=O)O.CCN(C)CCO.CCN(C)CCOC(=O)CCCNC(=O)C(C)(C)C.CCNC.OCCCl. The summed E-state index contributed by atoms with van der Waals surface area (Å²) in [5.74, 6) is -0.720. The van der Waals surface area contributed by atoms with Crippen LogP contribution in [0.5, 0.6) is 0 Å². The van der Waals surface area contributed by atoms with Crippen molar-refractivity contribution in [3.05, 3.63) is 0 Å². The maximum atomic E-state index is 11.6. The standard InChI is InChI=1S/C14H28N2O3.C9H17NO3.C5H13NO.C3H9N.C2H5ClO/c1-6-16(5)10-11-19-12(17)8-7-9-15-13(18)14(2,3)4;1-9(2,3)8(13)10-6-4-5-7(11)12;1-3-6(2)4-5-7;1-3-4-2;3-1-2-4/h6-11H2,1-5H3,(H,15,18);4-6H2,1-3H3,(H,10,13)(H,11,12);7H,3-5H2,1-2H3;4H,3H2,1-2H3;4H,1-2H2. The average molecular weight is 702 g/mol. The van der Waals surface area contributed by atoms with Gasteiger partial charge in [0.05, 0.1) is 13.2 Å². The van der Waals surface area contributed by atoms with Crippen molar-refractivity contribution in [1.29, 1.82) is 0 Å². The van der Waals surface area contributed by atoms with Gasteiger partial charge in [-0.3, -0.25) is 19.2 Å². The first-order valence-electron chi connectivity index (χ1n) is 16.5. The van der Waals surface area contributed by atoms with Crippen LogP contribution in [0.15, 0.2) is 0 Å². The Morgan fingerprint density at radius 3 is 1.40 bits per heavy atom. The van der Waals surface area contributed by atoms with Crippen LogP contribution in [0, 0.1) is 10.8 Å². The molecule has 6 N–H and O–H groups in total. The molecule has 0 aromatic rings. The van der Waals surface area contributed by atoms with Crippen LogP contribution in [0.1, 0.15) is 88.0 Å². The number of aliphatic hydroxyl groups excluding tert-OH is 2. The third-order valence-corrected chi connectivity index (χ3v) is 5.96. The first kappa shape index (κ1) is 54.4. The van der Waals surface area contributed by atoms with Crippen molar-refractivity contribution < 1.29 is 39.2 Å². The molecule has 0 rings (SSSR count). The molecule has 13 nitrogen and oxygen atoms in total. The van der Waals surface area contributed by atoms with E-state index in [0.29, 0.717) is 44.8 Å². The molecule has 0 radical (unpaired) electrons. The number of carbonyl (C=O) groups excluding carboxylic acids is 3. The van der Waals surface area contributed by atoms with E-state index in [1.165, 1.54) is 0 Å². The molecule has 0 bridgehead atoms. The molecule has 0 aliphatic heterocycles. The first-order valence-corrected chi connectivity index (χ1v) is 17.0. The summed E-state index contributed by atoms with van der Waals surface area (Å²) in [5, 5.41) is 32.8. The van der Waals surface area contributed by atoms with Crippen LogP contribution < -0.4 is 16.0 Å². The number of aliphatic hydroxyl groups is 2. The van der Waals surface area contributed by atoms with Crippen LogP contribution in [0.2, 0.25) is 0 Å². The van der Waals surface area contributed by atoms with Crippen molar-refractivity contribution in [3.63, 3.8) is 0 Å². The molecule has 0 atom stereocenters. The number of nitrogens with zero attached hydrogens (tertiary/aromatic N) is 2. The molecule has 0 aliphatic carbocycles. The Bertz CT molecular complexity index is 740. The highest BCUT2D eigenvalue weighted by Gasteiger charge is 2.21. The lowest BCUT2D eigenvalue weighted by Crippen LogP contribution is -2.35. The minimum atomic E-state index is -0.829. The third kappa shape index (κ3) is 51.0. The van der Waals surface area contributed by atoms with E-state index in [9.17, 15) is 19.2 Å². The number of halogens is 1. The lowest BCUT2D eigenvalue weighted by atomic mass is 9.96. The number of ether oxygens (including phenoxy) is 1. The smallest absolute Gasteiger partial charge is 0.305 e. The number of hydrogen-bond donors (Lipinski definition) is 6. The maximum absolute atomic E-state index is 11.6. The largest absolute Gasteiger partial charge is 0.481 e. The van der Waals surface area contributed by atoms with Crippen LogP contribution in [-0.2, 0) is 23.9 Å². The summed E-state index contributed by atoms with van der Waals surface area (Å²) in [6.07, 6.45) is 1.55. The van der Waals surface area contributed by atoms with E-state index in [2.05, 4.69) is 46.5 Å². The third-order valence-electron chi connectivity index (χ3n) is 5.79. The van der Waals surface area contributed by atoms with Crippen molar-refractivity contribution in [2.75, 3.05) is 92.7 Å². The van der Waals surface area contributed by atoms with Gasteiger partial charge in [-0.05, 0) is 53.6 Å². The van der Waals surface area contributed by atoms with E-state index >= 15 is 0 Å². The average Bonchev–Trinajstić information content (AvgIpc) is 3.00. The van der Waals surface area contributed by atoms with E-state index in [1.807, 2.05) is 62.7 Å². The minimum Gasteiger partial charge on any atom is -0.481 e. The number of amides is 2. The van der Waals surface area contributed by atoms with Gasteiger partial charge in [-0.2, -0.15) is 0 Å². The van der Waals surface area contributed by atoms with Gasteiger partial charge in [0.1, 0.15) is 6.61 Å². The van der Waals surface area contributed by atoms with Gasteiger partial charge in [0.25, 0.3) is 0 Å². The molecule has 0 saturated heterocycles. The fourth-order valence-electron chi connectivity index (χ4n) is 2.28. The number of hydrogen-bond acceptors (Lipinski definition) is 10. The predicted octanol–water partition coefficient (Wildman–Crippen LogP) is 2.81. The number of nitrogens with one attached hydrogen (secondary N) is 3. The van der Waals surface area contributed by atoms with Gasteiger partial charge in [0, 0.05) is 55.7 Å². The molecule has 0 spiro atoms.